The van der Waals surface area contributed by atoms with E-state index in [0.717, 1.165) is 4.31 Å². The van der Waals surface area contributed by atoms with Crippen molar-refractivity contribution in [2.45, 2.75) is 62.7 Å². The number of carboxylic acid groups (broad SMARTS) is 1. The average Bonchev–Trinajstić information content (AvgIpc) is 3.37. The fourth-order valence-electron chi connectivity index (χ4n) is 3.68. The zero-order valence-corrected chi connectivity index (χ0v) is 20.0. The molecule has 3 rings (SSSR count). The molecule has 1 fully saturated rings. The molecule has 11 heteroatoms. The minimum Gasteiger partial charge on any atom is -0.488 e. The van der Waals surface area contributed by atoms with E-state index in [-0.39, 0.29) is 23.6 Å². The Kier molecular flexibility index (Phi) is 7.13. The predicted molar refractivity (Wildman–Crippen MR) is 120 cm³/mol. The number of nitrogens with one attached hydrogen (secondary N) is 1. The van der Waals surface area contributed by atoms with Crippen LogP contribution in [0.2, 0.25) is 0 Å². The van der Waals surface area contributed by atoms with Crippen LogP contribution in [-0.2, 0) is 33.1 Å². The van der Waals surface area contributed by atoms with E-state index < -0.39 is 34.0 Å². The molecule has 2 heterocycles. The molecule has 1 saturated heterocycles. The Morgan fingerprint density at radius 2 is 1.94 bits per heavy atom. The summed E-state index contributed by atoms with van der Waals surface area (Å²) >= 11 is 0. The number of carbonyl (C=O) groups is 2. The molecule has 180 valence electrons. The molecule has 2 aromatic rings. The van der Waals surface area contributed by atoms with Crippen molar-refractivity contribution in [3.63, 3.8) is 0 Å². The van der Waals surface area contributed by atoms with Crippen molar-refractivity contribution in [2.24, 2.45) is 7.05 Å². The maximum Gasteiger partial charge on any atom is 0.326 e. The lowest BCUT2D eigenvalue weighted by Gasteiger charge is -2.24. The number of amides is 1. The third-order valence-corrected chi connectivity index (χ3v) is 6.96. The largest absolute Gasteiger partial charge is 0.488 e. The van der Waals surface area contributed by atoms with Gasteiger partial charge in [-0.15, -0.1) is 0 Å². The molecule has 0 bridgehead atoms. The summed E-state index contributed by atoms with van der Waals surface area (Å²) < 4.78 is 34.3. The summed E-state index contributed by atoms with van der Waals surface area (Å²) in [5.41, 5.74) is 0.343. The average molecular weight is 479 g/mol. The molecule has 1 aromatic carbocycles. The van der Waals surface area contributed by atoms with Crippen LogP contribution >= 0.6 is 0 Å². The summed E-state index contributed by atoms with van der Waals surface area (Å²) in [6.45, 7) is 5.95. The summed E-state index contributed by atoms with van der Waals surface area (Å²) in [4.78, 5) is 28.7. The van der Waals surface area contributed by atoms with Gasteiger partial charge in [0.15, 0.2) is 5.03 Å². The number of aryl methyl sites for hydroxylation is 1. The van der Waals surface area contributed by atoms with Gasteiger partial charge in [-0.2, -0.15) is 4.31 Å². The third kappa shape index (κ3) is 6.11. The van der Waals surface area contributed by atoms with E-state index in [1.807, 2.05) is 20.8 Å². The smallest absolute Gasteiger partial charge is 0.326 e. The number of imidazole rings is 1. The fraction of sp³-hybridized carbons (Fsp3) is 0.500. The first-order valence-corrected chi connectivity index (χ1v) is 12.1. The van der Waals surface area contributed by atoms with Gasteiger partial charge < -0.3 is 19.7 Å². The van der Waals surface area contributed by atoms with E-state index in [1.54, 1.807) is 31.3 Å². The lowest BCUT2D eigenvalue weighted by Crippen LogP contribution is -2.51. The van der Waals surface area contributed by atoms with Crippen LogP contribution in [0.25, 0.3) is 0 Å². The molecule has 1 aliphatic heterocycles. The lowest BCUT2D eigenvalue weighted by atomic mass is 10.0. The second-order valence-corrected chi connectivity index (χ2v) is 11.0. The number of nitrogens with zero attached hydrogens (tertiary/aromatic N) is 3. The Balaban J connectivity index is 1.70. The minimum absolute atomic E-state index is 0.0522. The van der Waals surface area contributed by atoms with Gasteiger partial charge in [-0.1, -0.05) is 12.1 Å². The molecule has 0 spiro atoms. The van der Waals surface area contributed by atoms with Crippen molar-refractivity contribution in [3.05, 3.63) is 42.4 Å². The number of aromatic nitrogens is 2. The summed E-state index contributed by atoms with van der Waals surface area (Å²) in [5, 5.41) is 12.0. The number of ether oxygens (including phenoxy) is 1. The van der Waals surface area contributed by atoms with Crippen LogP contribution in [-0.4, -0.2) is 63.5 Å². The summed E-state index contributed by atoms with van der Waals surface area (Å²) in [6.07, 6.45) is 3.60. The van der Waals surface area contributed by atoms with Crippen LogP contribution in [0, 0.1) is 0 Å². The van der Waals surface area contributed by atoms with Gasteiger partial charge in [0.1, 0.15) is 23.4 Å². The van der Waals surface area contributed by atoms with Crippen molar-refractivity contribution in [1.82, 2.24) is 19.2 Å². The van der Waals surface area contributed by atoms with E-state index in [1.165, 1.54) is 17.1 Å². The standard InChI is InChI=1S/C22H30N4O6S/c1-22(2,3)32-16-9-7-15(8-10-16)12-17(21(28)29)24-20(27)18-6-5-11-26(18)33(30,31)19-13-25(4)14-23-19/h7-10,13-14,17-18H,5-6,11-12H2,1-4H3,(H,24,27)(H,28,29)/t17-,18-/m0/s1. The first kappa shape index (κ1) is 24.7. The highest BCUT2D eigenvalue weighted by molar-refractivity contribution is 7.89. The normalized spacial score (nSPS) is 18.1. The highest BCUT2D eigenvalue weighted by Crippen LogP contribution is 2.26. The topological polar surface area (TPSA) is 131 Å². The van der Waals surface area contributed by atoms with E-state index in [2.05, 4.69) is 10.3 Å². The van der Waals surface area contributed by atoms with Gasteiger partial charge in [-0.05, 0) is 51.3 Å². The van der Waals surface area contributed by atoms with Crippen molar-refractivity contribution in [3.8, 4) is 5.75 Å². The van der Waals surface area contributed by atoms with Gasteiger partial charge in [0.05, 0.1) is 6.33 Å². The number of rotatable bonds is 8. The van der Waals surface area contributed by atoms with E-state index in [9.17, 15) is 23.1 Å². The monoisotopic (exact) mass is 478 g/mol. The highest BCUT2D eigenvalue weighted by Gasteiger charge is 2.41. The van der Waals surface area contributed by atoms with Gasteiger partial charge in [0, 0.05) is 26.2 Å². The van der Waals surface area contributed by atoms with Crippen LogP contribution in [0.3, 0.4) is 0 Å². The van der Waals surface area contributed by atoms with Crippen LogP contribution in [0.5, 0.6) is 5.75 Å². The Hall–Kier alpha value is -2.92. The molecule has 2 N–H and O–H groups in total. The number of carbonyl (C=O) groups excluding carboxylic acids is 1. The lowest BCUT2D eigenvalue weighted by molar-refractivity contribution is -0.142. The molecule has 0 aliphatic carbocycles. The first-order valence-electron chi connectivity index (χ1n) is 10.7. The highest BCUT2D eigenvalue weighted by atomic mass is 32.2. The number of sulfonamides is 1. The number of hydrogen-bond donors (Lipinski definition) is 2. The second-order valence-electron chi connectivity index (χ2n) is 9.11. The maximum absolute atomic E-state index is 12.9. The number of hydrogen-bond acceptors (Lipinski definition) is 6. The van der Waals surface area contributed by atoms with E-state index in [4.69, 9.17) is 4.74 Å². The third-order valence-electron chi connectivity index (χ3n) is 5.16. The molecule has 1 aromatic heterocycles. The van der Waals surface area contributed by atoms with Gasteiger partial charge in [0.25, 0.3) is 10.0 Å². The molecule has 0 saturated carbocycles. The summed E-state index contributed by atoms with van der Waals surface area (Å²) in [5.74, 6) is -1.17. The molecule has 1 aliphatic rings. The quantitative estimate of drug-likeness (QED) is 0.589. The van der Waals surface area contributed by atoms with Gasteiger partial charge >= 0.3 is 5.97 Å². The molecular formula is C22H30N4O6S. The Bertz CT molecular complexity index is 1100. The number of carboxylic acids is 1. The van der Waals surface area contributed by atoms with Gasteiger partial charge in [0.2, 0.25) is 5.91 Å². The van der Waals surface area contributed by atoms with Crippen molar-refractivity contribution >= 4 is 21.9 Å². The molecule has 33 heavy (non-hydrogen) atoms. The predicted octanol–water partition coefficient (Wildman–Crippen LogP) is 1.56. The van der Waals surface area contributed by atoms with Crippen LogP contribution in [0.1, 0.15) is 39.2 Å². The van der Waals surface area contributed by atoms with E-state index >= 15 is 0 Å². The fourth-order valence-corrected chi connectivity index (χ4v) is 5.31. The number of benzene rings is 1. The zero-order valence-electron chi connectivity index (χ0n) is 19.2. The molecule has 1 amide bonds. The SMILES string of the molecule is Cn1cnc(S(=O)(=O)N2CCC[C@H]2C(=O)N[C@@H](Cc2ccc(OC(C)(C)C)cc2)C(=O)O)c1. The Morgan fingerprint density at radius 1 is 1.27 bits per heavy atom. The molecule has 2 atom stereocenters. The number of aliphatic carboxylic acids is 1. The van der Waals surface area contributed by atoms with Crippen LogP contribution in [0.15, 0.2) is 41.8 Å². The molecule has 10 nitrogen and oxygen atoms in total. The molecular weight excluding hydrogens is 448 g/mol. The first-order chi connectivity index (χ1) is 15.4. The zero-order chi connectivity index (χ0) is 24.4. The van der Waals surface area contributed by atoms with Crippen molar-refractivity contribution < 1.29 is 27.9 Å². The van der Waals surface area contributed by atoms with Crippen LogP contribution < -0.4 is 10.1 Å². The van der Waals surface area contributed by atoms with E-state index in [0.29, 0.717) is 24.2 Å². The molecule has 0 radical (unpaired) electrons. The van der Waals surface area contributed by atoms with Crippen molar-refractivity contribution in [1.29, 1.82) is 0 Å². The van der Waals surface area contributed by atoms with Gasteiger partial charge in [-0.3, -0.25) is 4.79 Å². The van der Waals surface area contributed by atoms with Crippen LogP contribution in [0.4, 0.5) is 0 Å². The Labute approximate surface area is 193 Å². The van der Waals surface area contributed by atoms with Gasteiger partial charge in [-0.25, -0.2) is 18.2 Å². The van der Waals surface area contributed by atoms with Crippen molar-refractivity contribution in [2.75, 3.05) is 6.54 Å². The second kappa shape index (κ2) is 9.52. The Morgan fingerprint density at radius 3 is 2.48 bits per heavy atom. The minimum atomic E-state index is -3.97. The molecule has 0 unspecified atom stereocenters. The maximum atomic E-state index is 12.9. The summed E-state index contributed by atoms with van der Waals surface area (Å²) in [6, 6.07) is 4.81. The summed E-state index contributed by atoms with van der Waals surface area (Å²) in [7, 11) is -2.32.